The summed E-state index contributed by atoms with van der Waals surface area (Å²) in [6.45, 7) is 2.00. The molecule has 2 fully saturated rings. The summed E-state index contributed by atoms with van der Waals surface area (Å²) in [7, 11) is -1.78. The van der Waals surface area contributed by atoms with Crippen LogP contribution in [0.2, 0.25) is 0 Å². The van der Waals surface area contributed by atoms with Gasteiger partial charge in [-0.2, -0.15) is 0 Å². The minimum Gasteiger partial charge on any atom is -0.481 e. The SMILES string of the molecule is NC(=O)C1(c2cccc(Sc3ccc(F)cc3)c2)CCOCC1.O=C(O)C1(c2cccc(Sc3ccc(F)cc3)c2)CCOCC1.[Pd].c1ccc(P(c2ccccc2)c2ccccc2)cc1.c1ccc(P(c2ccccc2)c2ccccc2)cc1.c1ccc(P(c2ccccc2)c2ccccc2)cc1.c1ccc(P(c2ccccc2)c2ccccc2)cc1. The number of ether oxygens (including phenoxy) is 2. The van der Waals surface area contributed by atoms with Crippen LogP contribution < -0.4 is 69.4 Å². The summed E-state index contributed by atoms with van der Waals surface area (Å²) in [5, 5.41) is 26.5. The van der Waals surface area contributed by atoms with Gasteiger partial charge in [0.25, 0.3) is 0 Å². The second-order valence-corrected chi connectivity index (χ2v) is 39.8. The summed E-state index contributed by atoms with van der Waals surface area (Å²) < 4.78 is 36.7. The number of benzene rings is 16. The number of carbonyl (C=O) groups excluding carboxylic acids is 1. The van der Waals surface area contributed by atoms with Crippen LogP contribution in [-0.4, -0.2) is 43.4 Å². The van der Waals surface area contributed by atoms with Crippen molar-refractivity contribution < 1.29 is 53.4 Å². The van der Waals surface area contributed by atoms with Crippen LogP contribution in [0.4, 0.5) is 8.78 Å². The summed E-state index contributed by atoms with van der Waals surface area (Å²) in [6.07, 6.45) is 2.17. The van der Waals surface area contributed by atoms with Crippen LogP contribution in [-0.2, 0) is 50.3 Å². The molecule has 0 spiro atoms. The third kappa shape index (κ3) is 26.2. The van der Waals surface area contributed by atoms with Gasteiger partial charge in [-0.15, -0.1) is 0 Å². The number of rotatable bonds is 20. The Morgan fingerprint density at radius 1 is 0.260 bits per heavy atom. The van der Waals surface area contributed by atoms with Crippen LogP contribution in [0, 0.1) is 11.6 Å². The molecule has 1 amide bonds. The Morgan fingerprint density at radius 2 is 0.447 bits per heavy atom. The average Bonchev–Trinajstić information content (AvgIpc) is 0.771. The summed E-state index contributed by atoms with van der Waals surface area (Å²) >= 11 is 3.03. The molecule has 0 unspecified atom stereocenters. The fraction of sp³-hybridized carbons (Fsp3) is 0.0926. The van der Waals surface area contributed by atoms with Crippen molar-refractivity contribution in [1.82, 2.24) is 0 Å². The van der Waals surface area contributed by atoms with E-state index in [1.54, 1.807) is 24.3 Å². The van der Waals surface area contributed by atoms with Crippen molar-refractivity contribution in [2.24, 2.45) is 5.73 Å². The molecule has 6 nitrogen and oxygen atoms in total. The van der Waals surface area contributed by atoms with Crippen LogP contribution in [0.5, 0.6) is 0 Å². The molecule has 0 aromatic heterocycles. The molecule has 123 heavy (non-hydrogen) atoms. The number of amides is 1. The predicted octanol–water partition coefficient (Wildman–Crippen LogP) is 21.4. The maximum atomic E-state index is 13.0. The molecule has 2 aliphatic heterocycles. The topological polar surface area (TPSA) is 98.9 Å². The zero-order valence-corrected chi connectivity index (χ0v) is 74.6. The zero-order valence-electron chi connectivity index (χ0n) is 67.9. The van der Waals surface area contributed by atoms with Crippen molar-refractivity contribution in [3.05, 3.63) is 484 Å². The summed E-state index contributed by atoms with van der Waals surface area (Å²) in [5.74, 6) is -1.62. The maximum absolute atomic E-state index is 13.0. The van der Waals surface area contributed by atoms with Gasteiger partial charge in [0.1, 0.15) is 11.6 Å². The molecule has 2 saturated heterocycles. The normalized spacial score (nSPS) is 12.9. The standard InChI is InChI=1S/C18H18FNO2S.C18H17FO3S.4C18H15P.Pd/c2*19-14-4-6-15(7-5-14)23-16-3-1-2-13(12-16)18(17(20)21)8-10-22-11-9-18;4*1-4-10-16(11-5-1)19(17-12-6-2-7-13-17)18-14-8-3-9-15-18;/h1-7,12H,8-11H2,(H2,20,21);1-7,12H,8-11H2,(H,20,21);4*1-15H;. The largest absolute Gasteiger partial charge is 0.481 e. The molecule has 15 heteroatoms. The smallest absolute Gasteiger partial charge is 0.314 e. The number of halogens is 2. The van der Waals surface area contributed by atoms with Crippen molar-refractivity contribution in [3.8, 4) is 0 Å². The van der Waals surface area contributed by atoms with E-state index in [9.17, 15) is 23.5 Å². The van der Waals surface area contributed by atoms with Gasteiger partial charge in [-0.1, -0.05) is 412 Å². The van der Waals surface area contributed by atoms with Crippen LogP contribution >= 0.6 is 55.2 Å². The van der Waals surface area contributed by atoms with Gasteiger partial charge in [0, 0.05) is 66.4 Å². The number of carboxylic acids is 1. The number of hydrogen-bond donors (Lipinski definition) is 2. The van der Waals surface area contributed by atoms with Crippen LogP contribution in [0.15, 0.2) is 481 Å². The van der Waals surface area contributed by atoms with E-state index >= 15 is 0 Å². The van der Waals surface area contributed by atoms with Crippen molar-refractivity contribution in [2.75, 3.05) is 26.4 Å². The van der Waals surface area contributed by atoms with Crippen molar-refractivity contribution in [3.63, 3.8) is 0 Å². The number of primary amides is 1. The summed E-state index contributed by atoms with van der Waals surface area (Å²) in [6, 6.07) is 157. The van der Waals surface area contributed by atoms with E-state index < -0.39 is 48.5 Å². The van der Waals surface area contributed by atoms with Crippen molar-refractivity contribution in [2.45, 2.75) is 56.1 Å². The number of aliphatic carboxylic acids is 1. The Bertz CT molecular complexity index is 4780. The average molecular weight is 1820 g/mol. The van der Waals surface area contributed by atoms with Gasteiger partial charge in [-0.05, 0) is 205 Å². The predicted molar refractivity (Wildman–Crippen MR) is 515 cm³/mol. The molecule has 2 heterocycles. The van der Waals surface area contributed by atoms with E-state index in [2.05, 4.69) is 364 Å². The molecule has 618 valence electrons. The van der Waals surface area contributed by atoms with E-state index in [1.807, 2.05) is 48.5 Å². The molecule has 16 aromatic carbocycles. The molecule has 0 saturated carbocycles. The molecular formula is C108H95F2NO5P4PdS2. The first kappa shape index (κ1) is 91.5. The Hall–Kier alpha value is -10.7. The molecule has 2 aliphatic rings. The Kier molecular flexibility index (Phi) is 36.0. The Balaban J connectivity index is 0.000000135. The molecule has 18 rings (SSSR count). The van der Waals surface area contributed by atoms with E-state index in [0.29, 0.717) is 52.1 Å². The van der Waals surface area contributed by atoms with Gasteiger partial charge in [0.15, 0.2) is 0 Å². The van der Waals surface area contributed by atoms with Gasteiger partial charge in [-0.3, -0.25) is 9.59 Å². The van der Waals surface area contributed by atoms with E-state index in [4.69, 9.17) is 15.2 Å². The first-order valence-corrected chi connectivity index (χ1v) is 47.6. The van der Waals surface area contributed by atoms with Crippen molar-refractivity contribution >= 4 is 131 Å². The first-order chi connectivity index (χ1) is 60.0. The van der Waals surface area contributed by atoms with E-state index in [0.717, 1.165) is 30.7 Å². The number of hydrogen-bond acceptors (Lipinski definition) is 6. The molecule has 16 aromatic rings. The quantitative estimate of drug-likeness (QED) is 0.0579. The fourth-order valence-corrected chi connectivity index (χ4v) is 25.4. The summed E-state index contributed by atoms with van der Waals surface area (Å²) in [5.41, 5.74) is 5.91. The Morgan fingerprint density at radius 3 is 0.634 bits per heavy atom. The molecule has 0 aliphatic carbocycles. The van der Waals surface area contributed by atoms with Crippen LogP contribution in [0.1, 0.15) is 36.8 Å². The monoisotopic (exact) mass is 1820 g/mol. The van der Waals surface area contributed by atoms with Gasteiger partial charge < -0.3 is 20.3 Å². The molecule has 0 bridgehead atoms. The molecule has 3 N–H and O–H groups in total. The van der Waals surface area contributed by atoms with Gasteiger partial charge in [0.05, 0.1) is 10.8 Å². The van der Waals surface area contributed by atoms with E-state index in [1.165, 1.54) is 111 Å². The third-order valence-corrected chi connectivity index (χ3v) is 32.4. The van der Waals surface area contributed by atoms with Gasteiger partial charge in [-0.25, -0.2) is 8.78 Å². The zero-order chi connectivity index (χ0) is 84.2. The maximum Gasteiger partial charge on any atom is 0.314 e. The molecule has 0 atom stereocenters. The van der Waals surface area contributed by atoms with Crippen molar-refractivity contribution in [1.29, 1.82) is 0 Å². The Labute approximate surface area is 750 Å². The fourth-order valence-electron chi connectivity index (χ4n) is 14.4. The van der Waals surface area contributed by atoms with Crippen LogP contribution in [0.3, 0.4) is 0 Å². The summed E-state index contributed by atoms with van der Waals surface area (Å²) in [4.78, 5) is 27.8. The molecule has 0 radical (unpaired) electrons. The molecular weight excluding hydrogens is 1720 g/mol. The number of carboxylic acid groups (broad SMARTS) is 1. The van der Waals surface area contributed by atoms with Crippen LogP contribution in [0.25, 0.3) is 0 Å². The minimum atomic E-state index is -0.877. The van der Waals surface area contributed by atoms with Gasteiger partial charge in [0.2, 0.25) is 5.91 Å². The van der Waals surface area contributed by atoms with Gasteiger partial charge >= 0.3 is 5.97 Å². The first-order valence-electron chi connectivity index (χ1n) is 40.6. The number of carbonyl (C=O) groups is 2. The van der Waals surface area contributed by atoms with E-state index in [-0.39, 0.29) is 38.0 Å². The minimum absolute atomic E-state index is 0. The third-order valence-electron chi connectivity index (χ3n) is 20.6. The second-order valence-electron chi connectivity index (χ2n) is 28.6. The second kappa shape index (κ2) is 48.4. The number of nitrogens with two attached hydrogens (primary N) is 1.